The Morgan fingerprint density at radius 3 is 2.50 bits per heavy atom. The van der Waals surface area contributed by atoms with Crippen molar-refractivity contribution in [2.24, 2.45) is 0 Å². The third-order valence-electron chi connectivity index (χ3n) is 1.52. The van der Waals surface area contributed by atoms with Gasteiger partial charge < -0.3 is 5.21 Å². The molecule has 0 amide bonds. The van der Waals surface area contributed by atoms with Gasteiger partial charge in [-0.1, -0.05) is 30.3 Å². The maximum atomic E-state index is 10.4. The fraction of sp³-hybridized carbons (Fsp3) is 0.111. The maximum Gasteiger partial charge on any atom is 0.137 e. The second-order valence-electron chi connectivity index (χ2n) is 2.54. The average molecular weight is 165 g/mol. The van der Waals surface area contributed by atoms with E-state index >= 15 is 0 Å². The fourth-order valence-electron chi connectivity index (χ4n) is 0.861. The van der Waals surface area contributed by atoms with Crippen LogP contribution in [0.15, 0.2) is 36.0 Å². The number of rotatable bonds is 2. The van der Waals surface area contributed by atoms with Crippen molar-refractivity contribution in [1.29, 1.82) is 0 Å². The molecule has 0 heterocycles. The third-order valence-corrected chi connectivity index (χ3v) is 1.52. The Morgan fingerprint density at radius 2 is 2.00 bits per heavy atom. The van der Waals surface area contributed by atoms with E-state index in [-0.39, 0.29) is 0 Å². The average Bonchev–Trinajstić information content (AvgIpc) is 2.06. The van der Waals surface area contributed by atoms with Crippen LogP contribution in [0.1, 0.15) is 12.5 Å². The minimum atomic E-state index is -0.876. The highest BCUT2D eigenvalue weighted by Crippen LogP contribution is 2.01. The fourth-order valence-corrected chi connectivity index (χ4v) is 0.861. The van der Waals surface area contributed by atoms with Crippen molar-refractivity contribution in [3.8, 4) is 0 Å². The second-order valence-corrected chi connectivity index (χ2v) is 2.54. The van der Waals surface area contributed by atoms with Crippen LogP contribution in [0.3, 0.4) is 0 Å². The van der Waals surface area contributed by atoms with Crippen molar-refractivity contribution in [1.82, 2.24) is 0 Å². The summed E-state index contributed by atoms with van der Waals surface area (Å²) in [6, 6.07) is 9.38. The van der Waals surface area contributed by atoms with Crippen molar-refractivity contribution >= 4 is 6.08 Å². The van der Waals surface area contributed by atoms with Crippen LogP contribution >= 0.6 is 0 Å². The van der Waals surface area contributed by atoms with Crippen LogP contribution in [0.2, 0.25) is 0 Å². The number of hydrogen-bond donors (Lipinski definition) is 2. The van der Waals surface area contributed by atoms with Gasteiger partial charge >= 0.3 is 0 Å². The lowest BCUT2D eigenvalue weighted by Gasteiger charge is -2.11. The topological polar surface area (TPSA) is 47.7 Å². The highest BCUT2D eigenvalue weighted by atomic mass is 16.8. The maximum absolute atomic E-state index is 10.4. The summed E-state index contributed by atoms with van der Waals surface area (Å²) < 4.78 is 0. The molecule has 0 aromatic heterocycles. The molecule has 0 saturated heterocycles. The van der Waals surface area contributed by atoms with Crippen LogP contribution in [-0.2, 0) is 0 Å². The molecule has 0 radical (unpaired) electrons. The van der Waals surface area contributed by atoms with Crippen LogP contribution in [0.4, 0.5) is 0 Å². The number of nitrogens with one attached hydrogen (secondary N) is 1. The molecule has 1 aromatic rings. The van der Waals surface area contributed by atoms with Crippen molar-refractivity contribution in [3.63, 3.8) is 0 Å². The minimum Gasteiger partial charge on any atom is -0.595 e. The molecular formula is C9H11NO2. The quantitative estimate of drug-likeness (QED) is 0.637. The Kier molecular flexibility index (Phi) is 2.99. The molecule has 0 spiro atoms. The Bertz CT molecular complexity index is 267. The first kappa shape index (κ1) is 8.93. The molecule has 0 fully saturated rings. The largest absolute Gasteiger partial charge is 0.595 e. The van der Waals surface area contributed by atoms with Crippen molar-refractivity contribution in [2.45, 2.75) is 6.92 Å². The summed E-state index contributed by atoms with van der Waals surface area (Å²) in [7, 11) is 0. The van der Waals surface area contributed by atoms with E-state index in [1.165, 1.54) is 0 Å². The summed E-state index contributed by atoms with van der Waals surface area (Å²) in [6.07, 6.45) is 1.64. The molecular weight excluding hydrogens is 154 g/mol. The molecule has 0 bridgehead atoms. The van der Waals surface area contributed by atoms with Gasteiger partial charge in [-0.05, 0) is 5.56 Å². The summed E-state index contributed by atoms with van der Waals surface area (Å²) in [4.78, 5) is 0. The predicted molar refractivity (Wildman–Crippen MR) is 46.2 cm³/mol. The molecule has 64 valence electrons. The zero-order chi connectivity index (χ0) is 8.97. The van der Waals surface area contributed by atoms with E-state index in [1.54, 1.807) is 13.0 Å². The number of hydroxylamine groups is 2. The Hall–Kier alpha value is -1.16. The number of hydrogen-bond acceptors (Lipinski definition) is 2. The van der Waals surface area contributed by atoms with E-state index in [9.17, 15) is 5.21 Å². The first-order valence-electron chi connectivity index (χ1n) is 3.67. The zero-order valence-electron chi connectivity index (χ0n) is 6.82. The van der Waals surface area contributed by atoms with E-state index in [4.69, 9.17) is 5.21 Å². The third kappa shape index (κ3) is 2.47. The van der Waals surface area contributed by atoms with Gasteiger partial charge in [-0.2, -0.15) is 5.23 Å². The van der Waals surface area contributed by atoms with Gasteiger partial charge in [-0.15, -0.1) is 0 Å². The van der Waals surface area contributed by atoms with Crippen LogP contribution in [0.5, 0.6) is 0 Å². The highest BCUT2D eigenvalue weighted by molar-refractivity contribution is 5.49. The lowest BCUT2D eigenvalue weighted by Crippen LogP contribution is -3.02. The van der Waals surface area contributed by atoms with Crippen molar-refractivity contribution in [3.05, 3.63) is 46.8 Å². The van der Waals surface area contributed by atoms with Gasteiger partial charge in [0, 0.05) is 13.0 Å². The highest BCUT2D eigenvalue weighted by Gasteiger charge is 1.95. The van der Waals surface area contributed by atoms with Gasteiger partial charge in [-0.3, -0.25) is 0 Å². The van der Waals surface area contributed by atoms with E-state index in [1.807, 2.05) is 30.3 Å². The lowest BCUT2D eigenvalue weighted by atomic mass is 10.2. The summed E-state index contributed by atoms with van der Waals surface area (Å²) in [6.45, 7) is 1.58. The minimum absolute atomic E-state index is 0.348. The molecule has 0 aliphatic rings. The number of benzene rings is 1. The van der Waals surface area contributed by atoms with Crippen molar-refractivity contribution in [2.75, 3.05) is 0 Å². The molecule has 3 nitrogen and oxygen atoms in total. The van der Waals surface area contributed by atoms with E-state index in [0.29, 0.717) is 5.70 Å². The second kappa shape index (κ2) is 4.01. The molecule has 3 heteroatoms. The molecule has 1 aromatic carbocycles. The summed E-state index contributed by atoms with van der Waals surface area (Å²) in [5.74, 6) is 0. The SMILES string of the molecule is CC(=Cc1ccccc1)[NH+]([O-])O. The van der Waals surface area contributed by atoms with E-state index in [2.05, 4.69) is 0 Å². The first-order chi connectivity index (χ1) is 5.70. The monoisotopic (exact) mass is 165 g/mol. The Morgan fingerprint density at radius 1 is 1.42 bits per heavy atom. The molecule has 0 aliphatic carbocycles. The number of allylic oxidation sites excluding steroid dienone is 1. The summed E-state index contributed by atoms with van der Waals surface area (Å²) >= 11 is 0. The normalized spacial score (nSPS) is 14.4. The smallest absolute Gasteiger partial charge is 0.137 e. The van der Waals surface area contributed by atoms with Crippen LogP contribution in [-0.4, -0.2) is 5.21 Å². The van der Waals surface area contributed by atoms with Crippen LogP contribution in [0, 0.1) is 5.21 Å². The van der Waals surface area contributed by atoms with E-state index < -0.39 is 5.23 Å². The van der Waals surface area contributed by atoms with Crippen LogP contribution < -0.4 is 5.23 Å². The van der Waals surface area contributed by atoms with Crippen molar-refractivity contribution < 1.29 is 10.4 Å². The first-order valence-corrected chi connectivity index (χ1v) is 3.67. The van der Waals surface area contributed by atoms with Gasteiger partial charge in [0.15, 0.2) is 0 Å². The Labute approximate surface area is 71.1 Å². The molecule has 0 saturated carbocycles. The standard InChI is InChI=1S/C9H11NO2/c1-8(10(11)12)7-9-5-3-2-4-6-9/h2-7,10-11H,1H3. The summed E-state index contributed by atoms with van der Waals surface area (Å²) in [5, 5.41) is 18.1. The van der Waals surface area contributed by atoms with Gasteiger partial charge in [-0.25, -0.2) is 5.21 Å². The molecule has 1 unspecified atom stereocenters. The van der Waals surface area contributed by atoms with Gasteiger partial charge in [0.05, 0.1) is 0 Å². The zero-order valence-corrected chi connectivity index (χ0v) is 6.82. The summed E-state index contributed by atoms with van der Waals surface area (Å²) in [5.41, 5.74) is 1.26. The van der Waals surface area contributed by atoms with Gasteiger partial charge in [0.2, 0.25) is 0 Å². The van der Waals surface area contributed by atoms with E-state index in [0.717, 1.165) is 5.56 Å². The van der Waals surface area contributed by atoms with Gasteiger partial charge in [0.25, 0.3) is 0 Å². The van der Waals surface area contributed by atoms with Crippen LogP contribution in [0.25, 0.3) is 6.08 Å². The number of quaternary nitrogens is 1. The molecule has 12 heavy (non-hydrogen) atoms. The lowest BCUT2D eigenvalue weighted by molar-refractivity contribution is -1.01. The molecule has 1 atom stereocenters. The molecule has 1 rings (SSSR count). The van der Waals surface area contributed by atoms with Gasteiger partial charge in [0.1, 0.15) is 5.70 Å². The predicted octanol–water partition coefficient (Wildman–Crippen LogP) is 0.819. The Balaban J connectivity index is 2.81. The molecule has 2 N–H and O–H groups in total. The molecule has 0 aliphatic heterocycles.